The molecule has 0 aliphatic heterocycles. The molecule has 0 aliphatic rings. The summed E-state index contributed by atoms with van der Waals surface area (Å²) in [6, 6.07) is 22.5. The van der Waals surface area contributed by atoms with Gasteiger partial charge < -0.3 is 15.7 Å². The fourth-order valence-corrected chi connectivity index (χ4v) is 4.40. The second-order valence-electron chi connectivity index (χ2n) is 9.91. The lowest BCUT2D eigenvalue weighted by Crippen LogP contribution is -2.47. The molecule has 0 saturated heterocycles. The first-order valence-corrected chi connectivity index (χ1v) is 12.9. The number of halogens is 1. The lowest BCUT2D eigenvalue weighted by molar-refractivity contribution is -0.141. The highest BCUT2D eigenvalue weighted by atomic mass is 19.1. The van der Waals surface area contributed by atoms with Gasteiger partial charge in [-0.15, -0.1) is 0 Å². The van der Waals surface area contributed by atoms with Gasteiger partial charge in [-0.2, -0.15) is 0 Å². The molecule has 0 aromatic heterocycles. The Bertz CT molecular complexity index is 1220. The fourth-order valence-electron chi connectivity index (χ4n) is 4.40. The maximum atomic E-state index is 14.7. The summed E-state index contributed by atoms with van der Waals surface area (Å²) in [5.74, 6) is -2.89. The number of hydrogen-bond acceptors (Lipinski definition) is 3. The van der Waals surface area contributed by atoms with E-state index < -0.39 is 23.8 Å². The summed E-state index contributed by atoms with van der Waals surface area (Å²) in [6.45, 7) is 3.90. The number of carboxylic acid groups (broad SMARTS) is 1. The maximum Gasteiger partial charge on any atom is 0.304 e. The number of benzene rings is 3. The van der Waals surface area contributed by atoms with Gasteiger partial charge in [0.05, 0.1) is 6.42 Å². The lowest BCUT2D eigenvalue weighted by atomic mass is 9.94. The van der Waals surface area contributed by atoms with Crippen LogP contribution in [0.2, 0.25) is 0 Å². The van der Waals surface area contributed by atoms with Crippen molar-refractivity contribution in [1.82, 2.24) is 5.32 Å². The van der Waals surface area contributed by atoms with E-state index >= 15 is 0 Å². The van der Waals surface area contributed by atoms with Crippen LogP contribution in [0, 0.1) is 17.7 Å². The molecule has 0 radical (unpaired) electrons. The van der Waals surface area contributed by atoms with Crippen molar-refractivity contribution in [3.63, 3.8) is 0 Å². The largest absolute Gasteiger partial charge is 0.481 e. The Morgan fingerprint density at radius 3 is 2.16 bits per heavy atom. The number of aryl methyl sites for hydroxylation is 1. The molecular formula is C31H35FN2O4. The Morgan fingerprint density at radius 2 is 1.55 bits per heavy atom. The third kappa shape index (κ3) is 8.83. The quantitative estimate of drug-likeness (QED) is 0.256. The van der Waals surface area contributed by atoms with E-state index in [0.29, 0.717) is 36.9 Å². The molecule has 0 spiro atoms. The standard InChI is InChI=1S/C31H35FN2O4/c1-21(2)18-28(31(38)33-25-14-7-4-8-15-25)34-30(37)24(20-29(35)36)13-9-10-22-16-17-26(27(32)19-22)23-11-5-3-6-12-23/h3-8,11-12,14-17,19,21,24,28H,9-10,13,18,20H2,1-2H3,(H,33,38)(H,34,37)(H,35,36). The van der Waals surface area contributed by atoms with Crippen LogP contribution in [0.4, 0.5) is 10.1 Å². The van der Waals surface area contributed by atoms with Gasteiger partial charge in [0.2, 0.25) is 11.8 Å². The van der Waals surface area contributed by atoms with Crippen LogP contribution in [0.15, 0.2) is 78.9 Å². The number of carbonyl (C=O) groups is 3. The van der Waals surface area contributed by atoms with Gasteiger partial charge in [0.1, 0.15) is 11.9 Å². The summed E-state index contributed by atoms with van der Waals surface area (Å²) in [5, 5.41) is 15.0. The molecular weight excluding hydrogens is 483 g/mol. The molecule has 2 atom stereocenters. The molecule has 6 nitrogen and oxygen atoms in total. The third-order valence-corrected chi connectivity index (χ3v) is 6.31. The van der Waals surface area contributed by atoms with Gasteiger partial charge >= 0.3 is 5.97 Å². The predicted octanol–water partition coefficient (Wildman–Crippen LogP) is 6.08. The van der Waals surface area contributed by atoms with Crippen molar-refractivity contribution < 1.29 is 23.9 Å². The van der Waals surface area contributed by atoms with Crippen molar-refractivity contribution in [3.8, 4) is 11.1 Å². The second-order valence-corrected chi connectivity index (χ2v) is 9.91. The molecule has 0 fully saturated rings. The summed E-state index contributed by atoms with van der Waals surface area (Å²) < 4.78 is 14.7. The molecule has 2 unspecified atom stereocenters. The minimum Gasteiger partial charge on any atom is -0.481 e. The summed E-state index contributed by atoms with van der Waals surface area (Å²) in [5.41, 5.74) is 2.70. The first kappa shape index (κ1) is 28.6. The molecule has 3 rings (SSSR count). The van der Waals surface area contributed by atoms with E-state index in [1.54, 1.807) is 30.3 Å². The van der Waals surface area contributed by atoms with Crippen molar-refractivity contribution in [1.29, 1.82) is 0 Å². The number of para-hydroxylation sites is 1. The predicted molar refractivity (Wildman–Crippen MR) is 147 cm³/mol. The maximum absolute atomic E-state index is 14.7. The van der Waals surface area contributed by atoms with Gasteiger partial charge in [-0.1, -0.05) is 74.5 Å². The topological polar surface area (TPSA) is 95.5 Å². The van der Waals surface area contributed by atoms with Gasteiger partial charge in [-0.25, -0.2) is 4.39 Å². The highest BCUT2D eigenvalue weighted by Gasteiger charge is 2.27. The monoisotopic (exact) mass is 518 g/mol. The van der Waals surface area contributed by atoms with E-state index in [1.807, 2.05) is 56.3 Å². The Kier molecular flexibility index (Phi) is 10.6. The molecule has 0 bridgehead atoms. The van der Waals surface area contributed by atoms with Gasteiger partial charge in [-0.05, 0) is 60.9 Å². The minimum atomic E-state index is -1.09. The zero-order valence-electron chi connectivity index (χ0n) is 21.8. The first-order valence-electron chi connectivity index (χ1n) is 12.9. The summed E-state index contributed by atoms with van der Waals surface area (Å²) in [4.78, 5) is 37.5. The van der Waals surface area contributed by atoms with Crippen LogP contribution in [-0.4, -0.2) is 28.9 Å². The van der Waals surface area contributed by atoms with Crippen molar-refractivity contribution in [2.45, 2.75) is 52.0 Å². The van der Waals surface area contributed by atoms with Crippen molar-refractivity contribution in [3.05, 3.63) is 90.2 Å². The van der Waals surface area contributed by atoms with Crippen LogP contribution in [0.1, 0.15) is 45.1 Å². The molecule has 3 N–H and O–H groups in total. The normalized spacial score (nSPS) is 12.5. The average Bonchev–Trinajstić information content (AvgIpc) is 2.88. The third-order valence-electron chi connectivity index (χ3n) is 6.31. The molecule has 2 amide bonds. The van der Waals surface area contributed by atoms with E-state index in [2.05, 4.69) is 10.6 Å². The number of amides is 2. The smallest absolute Gasteiger partial charge is 0.304 e. The highest BCUT2D eigenvalue weighted by Crippen LogP contribution is 2.24. The van der Waals surface area contributed by atoms with Gasteiger partial charge in [0.15, 0.2) is 0 Å². The average molecular weight is 519 g/mol. The van der Waals surface area contributed by atoms with Crippen molar-refractivity contribution in [2.24, 2.45) is 11.8 Å². The zero-order valence-corrected chi connectivity index (χ0v) is 21.8. The zero-order chi connectivity index (χ0) is 27.5. The Morgan fingerprint density at radius 1 is 0.895 bits per heavy atom. The Hall–Kier alpha value is -4.00. The van der Waals surface area contributed by atoms with Gasteiger partial charge in [0.25, 0.3) is 0 Å². The number of aliphatic carboxylic acids is 1. The number of carbonyl (C=O) groups excluding carboxylic acids is 2. The molecule has 3 aromatic rings. The minimum absolute atomic E-state index is 0.133. The van der Waals surface area contributed by atoms with Gasteiger partial charge in [-0.3, -0.25) is 14.4 Å². The highest BCUT2D eigenvalue weighted by molar-refractivity contribution is 5.97. The van der Waals surface area contributed by atoms with Crippen LogP contribution in [0.5, 0.6) is 0 Å². The SMILES string of the molecule is CC(C)CC(NC(=O)C(CCCc1ccc(-c2ccccc2)c(F)c1)CC(=O)O)C(=O)Nc1ccccc1. The van der Waals surface area contributed by atoms with E-state index in [0.717, 1.165) is 11.1 Å². The van der Waals surface area contributed by atoms with E-state index in [4.69, 9.17) is 0 Å². The number of anilines is 1. The van der Waals surface area contributed by atoms with Crippen LogP contribution < -0.4 is 10.6 Å². The summed E-state index contributed by atoms with van der Waals surface area (Å²) in [6.07, 6.45) is 1.37. The second kappa shape index (κ2) is 14.1. The number of rotatable bonds is 13. The summed E-state index contributed by atoms with van der Waals surface area (Å²) >= 11 is 0. The van der Waals surface area contributed by atoms with Crippen LogP contribution in [0.25, 0.3) is 11.1 Å². The number of carboxylic acids is 1. The van der Waals surface area contributed by atoms with E-state index in [9.17, 15) is 23.9 Å². The Balaban J connectivity index is 1.62. The molecule has 0 saturated carbocycles. The van der Waals surface area contributed by atoms with Crippen molar-refractivity contribution >= 4 is 23.5 Å². The van der Waals surface area contributed by atoms with Crippen LogP contribution >= 0.6 is 0 Å². The van der Waals surface area contributed by atoms with E-state index in [1.165, 1.54) is 6.07 Å². The lowest BCUT2D eigenvalue weighted by Gasteiger charge is -2.23. The molecule has 0 heterocycles. The van der Waals surface area contributed by atoms with Crippen LogP contribution in [0.3, 0.4) is 0 Å². The van der Waals surface area contributed by atoms with Gasteiger partial charge in [0, 0.05) is 17.2 Å². The molecule has 7 heteroatoms. The van der Waals surface area contributed by atoms with E-state index in [-0.39, 0.29) is 24.1 Å². The van der Waals surface area contributed by atoms with Crippen LogP contribution in [-0.2, 0) is 20.8 Å². The Labute approximate surface area is 223 Å². The molecule has 3 aromatic carbocycles. The molecule has 200 valence electrons. The van der Waals surface area contributed by atoms with Crippen molar-refractivity contribution in [2.75, 3.05) is 5.32 Å². The molecule has 38 heavy (non-hydrogen) atoms. The summed E-state index contributed by atoms with van der Waals surface area (Å²) in [7, 11) is 0. The molecule has 0 aliphatic carbocycles. The number of hydrogen-bond donors (Lipinski definition) is 3. The fraction of sp³-hybridized carbons (Fsp3) is 0.323. The number of nitrogens with one attached hydrogen (secondary N) is 2. The first-order chi connectivity index (χ1) is 18.2.